The largest absolute Gasteiger partial charge is 0.456 e. The van der Waals surface area contributed by atoms with Crippen LogP contribution in [0.3, 0.4) is 0 Å². The van der Waals surface area contributed by atoms with Crippen molar-refractivity contribution in [2.45, 2.75) is 31.9 Å². The number of esters is 1. The van der Waals surface area contributed by atoms with Gasteiger partial charge in [0, 0.05) is 18.0 Å². The SMILES string of the molecule is Cc1ccsc1CNCC1CC(F)(F)C(=O)O1. The van der Waals surface area contributed by atoms with Crippen LogP contribution < -0.4 is 5.32 Å². The molecule has 1 unspecified atom stereocenters. The molecule has 1 saturated heterocycles. The number of carbonyl (C=O) groups is 1. The molecule has 94 valence electrons. The number of halogens is 2. The van der Waals surface area contributed by atoms with Gasteiger partial charge in [-0.05, 0) is 23.9 Å². The highest BCUT2D eigenvalue weighted by Crippen LogP contribution is 2.30. The van der Waals surface area contributed by atoms with Crippen molar-refractivity contribution >= 4 is 17.3 Å². The maximum Gasteiger partial charge on any atom is 0.377 e. The number of nitrogens with one attached hydrogen (secondary N) is 1. The van der Waals surface area contributed by atoms with Gasteiger partial charge in [0.05, 0.1) is 6.42 Å². The predicted molar refractivity (Wildman–Crippen MR) is 60.2 cm³/mol. The first-order valence-electron chi connectivity index (χ1n) is 5.31. The molecule has 1 atom stereocenters. The highest BCUT2D eigenvalue weighted by atomic mass is 32.1. The van der Waals surface area contributed by atoms with E-state index in [-0.39, 0.29) is 6.54 Å². The Hall–Kier alpha value is -1.01. The zero-order valence-electron chi connectivity index (χ0n) is 9.33. The van der Waals surface area contributed by atoms with Crippen LogP contribution in [0.15, 0.2) is 11.4 Å². The quantitative estimate of drug-likeness (QED) is 0.843. The molecule has 1 aromatic rings. The summed E-state index contributed by atoms with van der Waals surface area (Å²) in [5.74, 6) is -4.72. The zero-order chi connectivity index (χ0) is 12.5. The van der Waals surface area contributed by atoms with E-state index in [4.69, 9.17) is 0 Å². The molecule has 2 rings (SSSR count). The second kappa shape index (κ2) is 4.70. The smallest absolute Gasteiger partial charge is 0.377 e. The van der Waals surface area contributed by atoms with Gasteiger partial charge in [-0.15, -0.1) is 11.3 Å². The van der Waals surface area contributed by atoms with Gasteiger partial charge < -0.3 is 10.1 Å². The number of thiophene rings is 1. The average Bonchev–Trinajstić information content (AvgIpc) is 2.73. The van der Waals surface area contributed by atoms with Gasteiger partial charge in [0.2, 0.25) is 0 Å². The van der Waals surface area contributed by atoms with Crippen molar-refractivity contribution in [3.63, 3.8) is 0 Å². The fourth-order valence-electron chi connectivity index (χ4n) is 1.69. The molecule has 1 aliphatic heterocycles. The Balaban J connectivity index is 1.77. The summed E-state index contributed by atoms with van der Waals surface area (Å²) < 4.78 is 30.3. The summed E-state index contributed by atoms with van der Waals surface area (Å²) in [4.78, 5) is 11.9. The van der Waals surface area contributed by atoms with Crippen LogP contribution in [0.4, 0.5) is 8.78 Å². The van der Waals surface area contributed by atoms with Crippen molar-refractivity contribution in [2.24, 2.45) is 0 Å². The van der Waals surface area contributed by atoms with E-state index in [2.05, 4.69) is 10.1 Å². The highest BCUT2D eigenvalue weighted by molar-refractivity contribution is 7.10. The number of carbonyl (C=O) groups excluding carboxylic acids is 1. The minimum Gasteiger partial charge on any atom is -0.456 e. The Morgan fingerprint density at radius 3 is 2.94 bits per heavy atom. The first-order valence-corrected chi connectivity index (χ1v) is 6.19. The van der Waals surface area contributed by atoms with E-state index < -0.39 is 24.4 Å². The third-order valence-corrected chi connectivity index (χ3v) is 3.71. The summed E-state index contributed by atoms with van der Waals surface area (Å²) in [5.41, 5.74) is 1.18. The highest BCUT2D eigenvalue weighted by Gasteiger charge is 2.50. The van der Waals surface area contributed by atoms with Crippen molar-refractivity contribution in [2.75, 3.05) is 6.54 Å². The number of cyclic esters (lactones) is 1. The minimum absolute atomic E-state index is 0.263. The zero-order valence-corrected chi connectivity index (χ0v) is 10.2. The third kappa shape index (κ3) is 2.81. The Labute approximate surface area is 102 Å². The van der Waals surface area contributed by atoms with Crippen molar-refractivity contribution in [1.82, 2.24) is 5.32 Å². The van der Waals surface area contributed by atoms with E-state index in [0.29, 0.717) is 6.54 Å². The van der Waals surface area contributed by atoms with Crippen LogP contribution in [0, 0.1) is 6.92 Å². The third-order valence-electron chi connectivity index (χ3n) is 2.68. The van der Waals surface area contributed by atoms with E-state index >= 15 is 0 Å². The topological polar surface area (TPSA) is 38.3 Å². The summed E-state index contributed by atoms with van der Waals surface area (Å²) in [5, 5.41) is 5.01. The lowest BCUT2D eigenvalue weighted by Crippen LogP contribution is -2.26. The summed E-state index contributed by atoms with van der Waals surface area (Å²) in [6.07, 6.45) is -1.25. The van der Waals surface area contributed by atoms with Gasteiger partial charge in [-0.2, -0.15) is 8.78 Å². The lowest BCUT2D eigenvalue weighted by atomic mass is 10.2. The van der Waals surface area contributed by atoms with Gasteiger partial charge in [-0.25, -0.2) is 4.79 Å². The molecule has 6 heteroatoms. The van der Waals surface area contributed by atoms with Crippen LogP contribution in [-0.2, 0) is 16.1 Å². The van der Waals surface area contributed by atoms with Crippen LogP contribution >= 0.6 is 11.3 Å². The lowest BCUT2D eigenvalue weighted by Gasteiger charge is -2.09. The maximum atomic E-state index is 12.9. The second-order valence-electron chi connectivity index (χ2n) is 4.09. The van der Waals surface area contributed by atoms with Crippen molar-refractivity contribution in [3.05, 3.63) is 21.9 Å². The number of hydrogen-bond donors (Lipinski definition) is 1. The van der Waals surface area contributed by atoms with Crippen LogP contribution in [0.25, 0.3) is 0 Å². The molecule has 1 aromatic heterocycles. The molecular weight excluding hydrogens is 248 g/mol. The average molecular weight is 261 g/mol. The summed E-state index contributed by atoms with van der Waals surface area (Å²) in [6, 6.07) is 2.01. The molecule has 3 nitrogen and oxygen atoms in total. The molecule has 1 N–H and O–H groups in total. The summed E-state index contributed by atoms with van der Waals surface area (Å²) in [7, 11) is 0. The fourth-order valence-corrected chi connectivity index (χ4v) is 2.57. The molecule has 0 amide bonds. The molecular formula is C11H13F2NO2S. The molecule has 2 heterocycles. The van der Waals surface area contributed by atoms with Crippen molar-refractivity contribution in [3.8, 4) is 0 Å². The molecule has 0 saturated carbocycles. The monoisotopic (exact) mass is 261 g/mol. The fraction of sp³-hybridized carbons (Fsp3) is 0.545. The number of ether oxygens (including phenoxy) is 1. The lowest BCUT2D eigenvalue weighted by molar-refractivity contribution is -0.159. The standard InChI is InChI=1S/C11H13F2NO2S/c1-7-2-3-17-9(7)6-14-5-8-4-11(12,13)10(15)16-8/h2-3,8,14H,4-6H2,1H3. The van der Waals surface area contributed by atoms with Crippen molar-refractivity contribution in [1.29, 1.82) is 0 Å². The molecule has 1 aliphatic rings. The van der Waals surface area contributed by atoms with Gasteiger partial charge in [0.15, 0.2) is 0 Å². The van der Waals surface area contributed by atoms with Gasteiger partial charge in [-0.1, -0.05) is 0 Å². The minimum atomic E-state index is -3.31. The van der Waals surface area contributed by atoms with Gasteiger partial charge >= 0.3 is 11.9 Å². The molecule has 0 aliphatic carbocycles. The van der Waals surface area contributed by atoms with Gasteiger partial charge in [0.25, 0.3) is 0 Å². The number of hydrogen-bond acceptors (Lipinski definition) is 4. The molecule has 0 spiro atoms. The van der Waals surface area contributed by atoms with Crippen LogP contribution in [-0.4, -0.2) is 24.5 Å². The van der Waals surface area contributed by atoms with Crippen molar-refractivity contribution < 1.29 is 18.3 Å². The Kier molecular flexibility index (Phi) is 3.44. The summed E-state index contributed by atoms with van der Waals surface area (Å²) in [6.45, 7) is 2.87. The molecule has 0 aromatic carbocycles. The Bertz CT molecular complexity index is 419. The van der Waals surface area contributed by atoms with E-state index in [9.17, 15) is 13.6 Å². The number of rotatable bonds is 4. The Morgan fingerprint density at radius 2 is 2.41 bits per heavy atom. The first kappa shape index (κ1) is 12.4. The predicted octanol–water partition coefficient (Wildman–Crippen LogP) is 2.10. The summed E-state index contributed by atoms with van der Waals surface area (Å²) >= 11 is 1.61. The van der Waals surface area contributed by atoms with Gasteiger partial charge in [-0.3, -0.25) is 0 Å². The second-order valence-corrected chi connectivity index (χ2v) is 5.09. The van der Waals surface area contributed by atoms with E-state index in [1.165, 1.54) is 10.4 Å². The molecule has 0 radical (unpaired) electrons. The van der Waals surface area contributed by atoms with Crippen LogP contribution in [0.2, 0.25) is 0 Å². The number of aryl methyl sites for hydroxylation is 1. The maximum absolute atomic E-state index is 12.9. The normalized spacial score (nSPS) is 22.8. The number of alkyl halides is 2. The van der Waals surface area contributed by atoms with Crippen LogP contribution in [0.1, 0.15) is 16.9 Å². The molecule has 1 fully saturated rings. The first-order chi connectivity index (χ1) is 7.99. The molecule has 17 heavy (non-hydrogen) atoms. The van der Waals surface area contributed by atoms with E-state index in [1.807, 2.05) is 18.4 Å². The van der Waals surface area contributed by atoms with Crippen LogP contribution in [0.5, 0.6) is 0 Å². The Morgan fingerprint density at radius 1 is 1.65 bits per heavy atom. The molecule has 0 bridgehead atoms. The van der Waals surface area contributed by atoms with E-state index in [0.717, 1.165) is 0 Å². The van der Waals surface area contributed by atoms with Gasteiger partial charge in [0.1, 0.15) is 6.10 Å². The van der Waals surface area contributed by atoms with E-state index in [1.54, 1.807) is 11.3 Å².